The number of carboxylic acids is 1. The monoisotopic (exact) mass is 393 g/mol. The predicted molar refractivity (Wildman–Crippen MR) is 96.6 cm³/mol. The average molecular weight is 393 g/mol. The van der Waals surface area contributed by atoms with E-state index in [9.17, 15) is 29.4 Å². The van der Waals surface area contributed by atoms with Gasteiger partial charge in [0.15, 0.2) is 5.75 Å². The van der Waals surface area contributed by atoms with Crippen molar-refractivity contribution in [1.82, 2.24) is 15.2 Å². The summed E-state index contributed by atoms with van der Waals surface area (Å²) < 4.78 is 0.939. The highest BCUT2D eigenvalue weighted by molar-refractivity contribution is 6.05. The van der Waals surface area contributed by atoms with E-state index >= 15 is 0 Å². The zero-order chi connectivity index (χ0) is 20.4. The lowest BCUT2D eigenvalue weighted by molar-refractivity contribution is -0.135. The molecular weight excluding hydrogens is 370 g/mol. The molecule has 0 radical (unpaired) electrons. The lowest BCUT2D eigenvalue weighted by Gasteiger charge is -2.29. The molecule has 10 nitrogen and oxygen atoms in total. The molecule has 10 heteroatoms. The fourth-order valence-electron chi connectivity index (χ4n) is 3.20. The van der Waals surface area contributed by atoms with E-state index in [-0.39, 0.29) is 0 Å². The van der Waals surface area contributed by atoms with E-state index in [4.69, 9.17) is 5.11 Å². The van der Waals surface area contributed by atoms with Crippen LogP contribution in [0.15, 0.2) is 4.79 Å². The van der Waals surface area contributed by atoms with Gasteiger partial charge in [-0.15, -0.1) is 0 Å². The van der Waals surface area contributed by atoms with Gasteiger partial charge in [-0.2, -0.15) is 0 Å². The van der Waals surface area contributed by atoms with E-state index in [2.05, 4.69) is 5.32 Å². The van der Waals surface area contributed by atoms with Gasteiger partial charge in [-0.3, -0.25) is 23.7 Å². The van der Waals surface area contributed by atoms with E-state index in [0.29, 0.717) is 25.3 Å². The number of aromatic nitrogens is 1. The molecule has 1 aromatic heterocycles. The summed E-state index contributed by atoms with van der Waals surface area (Å²) in [6, 6.07) is -0.392. The van der Waals surface area contributed by atoms with Crippen LogP contribution < -0.4 is 16.2 Å². The minimum Gasteiger partial charge on any atom is -0.506 e. The van der Waals surface area contributed by atoms with Crippen molar-refractivity contribution < 1.29 is 29.7 Å². The number of aliphatic carboxylic acids is 1. The molecule has 5 N–H and O–H groups in total. The molecule has 2 aliphatic rings. The number of carbonyl (C=O) groups excluding carboxylic acids is 2. The lowest BCUT2D eigenvalue weighted by Crippen LogP contribution is -2.39. The molecule has 2 saturated carbocycles. The number of rotatable bonds is 8. The number of nitrogens with one attached hydrogen (secondary N) is 2. The first-order valence-corrected chi connectivity index (χ1v) is 9.29. The van der Waals surface area contributed by atoms with Crippen molar-refractivity contribution in [3.05, 3.63) is 21.5 Å². The Kier molecular flexibility index (Phi) is 5.57. The fraction of sp³-hybridized carbons (Fsp3) is 0.556. The van der Waals surface area contributed by atoms with E-state index in [0.717, 1.165) is 30.3 Å². The van der Waals surface area contributed by atoms with Crippen LogP contribution in [-0.4, -0.2) is 50.8 Å². The highest BCUT2D eigenvalue weighted by atomic mass is 16.4. The van der Waals surface area contributed by atoms with Gasteiger partial charge in [0, 0.05) is 12.6 Å². The Morgan fingerprint density at radius 2 is 1.64 bits per heavy atom. The summed E-state index contributed by atoms with van der Waals surface area (Å²) in [6.07, 6.45) is 4.94. The van der Waals surface area contributed by atoms with Gasteiger partial charge in [0.1, 0.15) is 17.7 Å². The van der Waals surface area contributed by atoms with Crippen LogP contribution in [0.5, 0.6) is 11.6 Å². The van der Waals surface area contributed by atoms with Crippen LogP contribution >= 0.6 is 0 Å². The molecule has 0 bridgehead atoms. The Balaban J connectivity index is 1.97. The van der Waals surface area contributed by atoms with Gasteiger partial charge in [0.2, 0.25) is 5.88 Å². The number of amides is 2. The van der Waals surface area contributed by atoms with Gasteiger partial charge in [-0.1, -0.05) is 12.8 Å². The average Bonchev–Trinajstić information content (AvgIpc) is 3.39. The van der Waals surface area contributed by atoms with Crippen LogP contribution in [0.25, 0.3) is 0 Å². The molecule has 2 aliphatic carbocycles. The molecule has 2 fully saturated rings. The zero-order valence-electron chi connectivity index (χ0n) is 15.2. The van der Waals surface area contributed by atoms with Gasteiger partial charge in [0.25, 0.3) is 17.4 Å². The molecular formula is C18H23N3O7. The summed E-state index contributed by atoms with van der Waals surface area (Å²) >= 11 is 0. The second-order valence-corrected chi connectivity index (χ2v) is 7.25. The normalized spacial score (nSPS) is 16.3. The molecule has 1 heterocycles. The van der Waals surface area contributed by atoms with E-state index in [1.165, 1.54) is 0 Å². The van der Waals surface area contributed by atoms with E-state index in [1.54, 1.807) is 0 Å². The lowest BCUT2D eigenvalue weighted by atomic mass is 9.92. The number of carboxylic acid groups (broad SMARTS) is 1. The van der Waals surface area contributed by atoms with E-state index < -0.39 is 58.7 Å². The van der Waals surface area contributed by atoms with Crippen molar-refractivity contribution >= 4 is 17.8 Å². The number of nitrogens with zero attached hydrogens (tertiary/aromatic N) is 1. The molecule has 152 valence electrons. The summed E-state index contributed by atoms with van der Waals surface area (Å²) in [6.45, 7) is -0.420. The van der Waals surface area contributed by atoms with Crippen molar-refractivity contribution in [3.8, 4) is 11.6 Å². The molecule has 0 unspecified atom stereocenters. The molecule has 0 aliphatic heterocycles. The second kappa shape index (κ2) is 7.91. The maximum absolute atomic E-state index is 12.8. The Hall–Kier alpha value is -3.04. The third-order valence-corrected chi connectivity index (χ3v) is 5.19. The van der Waals surface area contributed by atoms with Gasteiger partial charge >= 0.3 is 5.97 Å². The van der Waals surface area contributed by atoms with Crippen molar-refractivity contribution in [3.63, 3.8) is 0 Å². The number of hydrogen-bond acceptors (Lipinski definition) is 6. The quantitative estimate of drug-likeness (QED) is 0.426. The smallest absolute Gasteiger partial charge is 0.322 e. The Bertz CT molecular complexity index is 869. The molecule has 0 aromatic carbocycles. The van der Waals surface area contributed by atoms with Crippen LogP contribution in [0.1, 0.15) is 65.3 Å². The molecule has 0 saturated heterocycles. The Morgan fingerprint density at radius 1 is 1.00 bits per heavy atom. The van der Waals surface area contributed by atoms with Crippen LogP contribution in [0.2, 0.25) is 0 Å². The summed E-state index contributed by atoms with van der Waals surface area (Å²) in [4.78, 5) is 48.3. The Labute approximate surface area is 160 Å². The fourth-order valence-corrected chi connectivity index (χ4v) is 3.20. The predicted octanol–water partition coefficient (Wildman–Crippen LogP) is 0.329. The number of carbonyl (C=O) groups is 3. The van der Waals surface area contributed by atoms with Gasteiger partial charge < -0.3 is 26.0 Å². The maximum atomic E-state index is 12.8. The third kappa shape index (κ3) is 3.95. The third-order valence-electron chi connectivity index (χ3n) is 5.19. The molecule has 0 spiro atoms. The molecule has 28 heavy (non-hydrogen) atoms. The number of hydrogen-bond donors (Lipinski definition) is 5. The standard InChI is InChI=1S/C18H23N3O7/c22-11(23)8-20-16(26)13-14(24)12(15(25)19-7-6-9-4-5-9)17(27)21(18(13)28)10-2-1-3-10/h9-10,24,28H,1-8H2,(H,19,25)(H,20,26)(H,22,23). The van der Waals surface area contributed by atoms with Crippen molar-refractivity contribution in [2.45, 2.75) is 44.6 Å². The Morgan fingerprint density at radius 3 is 2.18 bits per heavy atom. The largest absolute Gasteiger partial charge is 0.506 e. The topological polar surface area (TPSA) is 158 Å². The van der Waals surface area contributed by atoms with Crippen molar-refractivity contribution in [2.24, 2.45) is 5.92 Å². The molecule has 0 atom stereocenters. The minimum absolute atomic E-state index is 0.327. The van der Waals surface area contributed by atoms with Crippen LogP contribution in [0.3, 0.4) is 0 Å². The zero-order valence-corrected chi connectivity index (χ0v) is 15.2. The summed E-state index contributed by atoms with van der Waals surface area (Å²) in [5.74, 6) is -4.41. The van der Waals surface area contributed by atoms with Crippen LogP contribution in [0, 0.1) is 5.92 Å². The first-order valence-electron chi connectivity index (χ1n) is 9.29. The highest BCUT2D eigenvalue weighted by Crippen LogP contribution is 2.37. The van der Waals surface area contributed by atoms with Crippen molar-refractivity contribution in [1.29, 1.82) is 0 Å². The first kappa shape index (κ1) is 19.7. The molecule has 2 amide bonds. The summed E-state index contributed by atoms with van der Waals surface area (Å²) in [7, 11) is 0. The van der Waals surface area contributed by atoms with Gasteiger partial charge in [-0.25, -0.2) is 0 Å². The molecule has 3 rings (SSSR count). The van der Waals surface area contributed by atoms with Crippen molar-refractivity contribution in [2.75, 3.05) is 13.1 Å². The SMILES string of the molecule is O=C(O)CNC(=O)c1c(O)c(C(=O)NCCC2CC2)c(=O)n(C2CCC2)c1O. The highest BCUT2D eigenvalue weighted by Gasteiger charge is 2.34. The first-order chi connectivity index (χ1) is 13.3. The van der Waals surface area contributed by atoms with Crippen LogP contribution in [0.4, 0.5) is 0 Å². The maximum Gasteiger partial charge on any atom is 0.322 e. The second-order valence-electron chi connectivity index (χ2n) is 7.25. The van der Waals surface area contributed by atoms with E-state index in [1.807, 2.05) is 5.32 Å². The molecule has 1 aromatic rings. The van der Waals surface area contributed by atoms with Gasteiger partial charge in [-0.05, 0) is 31.6 Å². The van der Waals surface area contributed by atoms with Gasteiger partial charge in [0.05, 0.1) is 0 Å². The summed E-state index contributed by atoms with van der Waals surface area (Å²) in [5, 5.41) is 34.2. The minimum atomic E-state index is -1.32. The number of aromatic hydroxyl groups is 2. The summed E-state index contributed by atoms with van der Waals surface area (Å²) in [5.41, 5.74) is -2.18. The van der Waals surface area contributed by atoms with Crippen LogP contribution in [-0.2, 0) is 4.79 Å². The number of pyridine rings is 1.